The molecule has 0 aliphatic heterocycles. The number of fused-ring (bicyclic) bond motifs is 1. The number of hydrogen-bond donors (Lipinski definition) is 1. The van der Waals surface area contributed by atoms with E-state index in [4.69, 9.17) is 0 Å². The second-order valence-electron chi connectivity index (χ2n) is 5.64. The molecule has 3 rings (SSSR count). The Hall–Kier alpha value is -2.42. The topological polar surface area (TPSA) is 37.8 Å². The minimum atomic E-state index is 0. The molecule has 2 heterocycles. The van der Waals surface area contributed by atoms with Crippen LogP contribution in [0.3, 0.4) is 0 Å². The van der Waals surface area contributed by atoms with Crippen molar-refractivity contribution in [2.75, 3.05) is 5.32 Å². The molecule has 3 nitrogen and oxygen atoms in total. The molecule has 0 unspecified atom stereocenters. The summed E-state index contributed by atoms with van der Waals surface area (Å²) in [4.78, 5) is 8.61. The van der Waals surface area contributed by atoms with Gasteiger partial charge in [0.2, 0.25) is 0 Å². The molecule has 21 heavy (non-hydrogen) atoms. The highest BCUT2D eigenvalue weighted by atomic mass is 15.0. The highest BCUT2D eigenvalue weighted by molar-refractivity contribution is 5.85. The Morgan fingerprint density at radius 2 is 1.90 bits per heavy atom. The van der Waals surface area contributed by atoms with E-state index in [2.05, 4.69) is 60.3 Å². The molecule has 0 amide bonds. The molecule has 3 aromatic rings. The maximum absolute atomic E-state index is 4.47. The Kier molecular flexibility index (Phi) is 3.57. The van der Waals surface area contributed by atoms with Crippen LogP contribution in [0.25, 0.3) is 10.8 Å². The third kappa shape index (κ3) is 2.87. The van der Waals surface area contributed by atoms with Crippen LogP contribution in [0, 0.1) is 6.92 Å². The summed E-state index contributed by atoms with van der Waals surface area (Å²) in [7, 11) is 0. The van der Waals surface area contributed by atoms with Crippen molar-refractivity contribution >= 4 is 22.3 Å². The van der Waals surface area contributed by atoms with Gasteiger partial charge in [0, 0.05) is 31.1 Å². The zero-order valence-corrected chi connectivity index (χ0v) is 12.6. The van der Waals surface area contributed by atoms with Gasteiger partial charge in [-0.15, -0.1) is 0 Å². The van der Waals surface area contributed by atoms with Crippen LogP contribution >= 0.6 is 0 Å². The zero-order valence-electron chi connectivity index (χ0n) is 12.6. The average Bonchev–Trinajstić information content (AvgIpc) is 2.49. The Morgan fingerprint density at radius 1 is 1.05 bits per heavy atom. The Bertz CT molecular complexity index is 784. The van der Waals surface area contributed by atoms with E-state index in [1.54, 1.807) is 0 Å². The molecule has 0 spiro atoms. The number of benzene rings is 1. The van der Waals surface area contributed by atoms with E-state index in [0.29, 0.717) is 5.92 Å². The molecule has 0 aliphatic rings. The minimum absolute atomic E-state index is 0. The number of aromatic nitrogens is 2. The number of rotatable bonds is 3. The van der Waals surface area contributed by atoms with E-state index >= 15 is 0 Å². The molecule has 0 fully saturated rings. The largest absolute Gasteiger partial charge is 0.340 e. The van der Waals surface area contributed by atoms with Gasteiger partial charge in [0.15, 0.2) is 0 Å². The lowest BCUT2D eigenvalue weighted by Gasteiger charge is -2.12. The van der Waals surface area contributed by atoms with Gasteiger partial charge < -0.3 is 5.32 Å². The van der Waals surface area contributed by atoms with Crippen molar-refractivity contribution in [2.24, 2.45) is 0 Å². The SMILES string of the molecule is Cc1cnc(Nc2ccc3cnccc3c2)cc1C(C)C.[HH]. The summed E-state index contributed by atoms with van der Waals surface area (Å²) in [6.45, 7) is 6.51. The normalized spacial score (nSPS) is 11.0. The first-order valence-electron chi connectivity index (χ1n) is 7.21. The summed E-state index contributed by atoms with van der Waals surface area (Å²) in [6, 6.07) is 10.4. The number of aryl methyl sites for hydroxylation is 1. The van der Waals surface area contributed by atoms with E-state index in [0.717, 1.165) is 16.9 Å². The van der Waals surface area contributed by atoms with Crippen molar-refractivity contribution < 1.29 is 1.43 Å². The van der Waals surface area contributed by atoms with Gasteiger partial charge in [-0.2, -0.15) is 0 Å². The molecule has 0 atom stereocenters. The van der Waals surface area contributed by atoms with Crippen LogP contribution in [0.15, 0.2) is 48.9 Å². The van der Waals surface area contributed by atoms with Gasteiger partial charge in [-0.3, -0.25) is 4.98 Å². The van der Waals surface area contributed by atoms with E-state index < -0.39 is 0 Å². The smallest absolute Gasteiger partial charge is 0.130 e. The van der Waals surface area contributed by atoms with Gasteiger partial charge in [-0.25, -0.2) is 4.98 Å². The number of pyridine rings is 2. The standard InChI is InChI=1S/C18H19N3.H2/c1-12(2)17-9-18(20-10-13(17)3)21-16-5-4-15-11-19-7-6-14(15)8-16;/h4-12H,1-3H3,(H,20,21);1H. The van der Waals surface area contributed by atoms with Gasteiger partial charge in [0.25, 0.3) is 0 Å². The monoisotopic (exact) mass is 279 g/mol. The fourth-order valence-electron chi connectivity index (χ4n) is 2.54. The lowest BCUT2D eigenvalue weighted by Crippen LogP contribution is -1.99. The van der Waals surface area contributed by atoms with Gasteiger partial charge >= 0.3 is 0 Å². The average molecular weight is 279 g/mol. The lowest BCUT2D eigenvalue weighted by atomic mass is 10.00. The van der Waals surface area contributed by atoms with Gasteiger partial charge in [0.05, 0.1) is 0 Å². The van der Waals surface area contributed by atoms with Crippen LogP contribution in [-0.2, 0) is 0 Å². The van der Waals surface area contributed by atoms with Crippen LogP contribution < -0.4 is 5.32 Å². The molecule has 1 N–H and O–H groups in total. The van der Waals surface area contributed by atoms with Gasteiger partial charge in [0.1, 0.15) is 5.82 Å². The van der Waals surface area contributed by atoms with Crippen LogP contribution in [0.5, 0.6) is 0 Å². The van der Waals surface area contributed by atoms with Crippen LogP contribution in [-0.4, -0.2) is 9.97 Å². The third-order valence-electron chi connectivity index (χ3n) is 3.68. The highest BCUT2D eigenvalue weighted by Gasteiger charge is 2.06. The van der Waals surface area contributed by atoms with Crippen molar-refractivity contribution in [2.45, 2.75) is 26.7 Å². The molecule has 0 radical (unpaired) electrons. The number of nitrogens with zero attached hydrogens (tertiary/aromatic N) is 2. The van der Waals surface area contributed by atoms with Crippen LogP contribution in [0.2, 0.25) is 0 Å². The van der Waals surface area contributed by atoms with E-state index in [1.807, 2.05) is 24.7 Å². The van der Waals surface area contributed by atoms with E-state index in [-0.39, 0.29) is 1.43 Å². The maximum atomic E-state index is 4.47. The Morgan fingerprint density at radius 3 is 2.71 bits per heavy atom. The molecule has 0 bridgehead atoms. The highest BCUT2D eigenvalue weighted by Crippen LogP contribution is 2.24. The second kappa shape index (κ2) is 5.52. The van der Waals surface area contributed by atoms with Crippen molar-refractivity contribution in [3.05, 3.63) is 60.0 Å². The summed E-state index contributed by atoms with van der Waals surface area (Å²) in [5.41, 5.74) is 3.61. The maximum Gasteiger partial charge on any atom is 0.130 e. The zero-order chi connectivity index (χ0) is 14.8. The summed E-state index contributed by atoms with van der Waals surface area (Å²) in [6.07, 6.45) is 5.62. The van der Waals surface area contributed by atoms with Crippen molar-refractivity contribution in [1.82, 2.24) is 9.97 Å². The molecule has 2 aromatic heterocycles. The van der Waals surface area contributed by atoms with E-state index in [1.165, 1.54) is 16.5 Å². The lowest BCUT2D eigenvalue weighted by molar-refractivity contribution is 0.852. The summed E-state index contributed by atoms with van der Waals surface area (Å²) in [5, 5.41) is 5.70. The van der Waals surface area contributed by atoms with Gasteiger partial charge in [-0.05, 0) is 53.6 Å². The Labute approximate surface area is 126 Å². The summed E-state index contributed by atoms with van der Waals surface area (Å²) >= 11 is 0. The quantitative estimate of drug-likeness (QED) is 0.729. The third-order valence-corrected chi connectivity index (χ3v) is 3.68. The first-order chi connectivity index (χ1) is 10.1. The number of anilines is 2. The number of hydrogen-bond acceptors (Lipinski definition) is 3. The fourth-order valence-corrected chi connectivity index (χ4v) is 2.54. The summed E-state index contributed by atoms with van der Waals surface area (Å²) < 4.78 is 0. The molecule has 1 aromatic carbocycles. The van der Waals surface area contributed by atoms with Crippen LogP contribution in [0.1, 0.15) is 32.3 Å². The predicted octanol–water partition coefficient (Wildman–Crippen LogP) is 5.05. The molecule has 0 saturated carbocycles. The van der Waals surface area contributed by atoms with Crippen molar-refractivity contribution in [3.63, 3.8) is 0 Å². The predicted molar refractivity (Wildman–Crippen MR) is 90.2 cm³/mol. The first kappa shape index (κ1) is 13.6. The molecular weight excluding hydrogens is 258 g/mol. The summed E-state index contributed by atoms with van der Waals surface area (Å²) in [5.74, 6) is 1.38. The number of nitrogens with one attached hydrogen (secondary N) is 1. The molecule has 0 aliphatic carbocycles. The molecule has 0 saturated heterocycles. The fraction of sp³-hybridized carbons (Fsp3) is 0.222. The van der Waals surface area contributed by atoms with Gasteiger partial charge in [-0.1, -0.05) is 19.9 Å². The Balaban J connectivity index is 0.00000176. The molecular formula is C18H21N3. The minimum Gasteiger partial charge on any atom is -0.340 e. The van der Waals surface area contributed by atoms with Crippen molar-refractivity contribution in [1.29, 1.82) is 0 Å². The first-order valence-corrected chi connectivity index (χ1v) is 7.21. The molecule has 108 valence electrons. The van der Waals surface area contributed by atoms with Crippen LogP contribution in [0.4, 0.5) is 11.5 Å². The van der Waals surface area contributed by atoms with Crippen molar-refractivity contribution in [3.8, 4) is 0 Å². The van der Waals surface area contributed by atoms with E-state index in [9.17, 15) is 0 Å². The second-order valence-corrected chi connectivity index (χ2v) is 5.64. The molecule has 3 heteroatoms.